The van der Waals surface area contributed by atoms with E-state index >= 15 is 0 Å². The van der Waals surface area contributed by atoms with E-state index in [2.05, 4.69) is 9.88 Å². The fourth-order valence-electron chi connectivity index (χ4n) is 3.05. The first-order valence-corrected chi connectivity index (χ1v) is 8.62. The van der Waals surface area contributed by atoms with Crippen molar-refractivity contribution in [3.63, 3.8) is 0 Å². The van der Waals surface area contributed by atoms with E-state index in [1.807, 2.05) is 42.6 Å². The number of benzene rings is 1. The number of rotatable bonds is 6. The molecule has 1 saturated heterocycles. The molecule has 24 heavy (non-hydrogen) atoms. The lowest BCUT2D eigenvalue weighted by Crippen LogP contribution is -2.17. The Bertz CT molecular complexity index is 698. The van der Waals surface area contributed by atoms with Crippen LogP contribution in [0.25, 0.3) is 0 Å². The van der Waals surface area contributed by atoms with Gasteiger partial charge in [0.1, 0.15) is 18.1 Å². The van der Waals surface area contributed by atoms with Crippen molar-refractivity contribution in [3.8, 4) is 5.75 Å². The number of hydrogen-bond donors (Lipinski definition) is 1. The first kappa shape index (κ1) is 15.3. The lowest BCUT2D eigenvalue weighted by molar-refractivity contribution is 0.0679. The van der Waals surface area contributed by atoms with E-state index in [4.69, 9.17) is 9.47 Å². The van der Waals surface area contributed by atoms with Gasteiger partial charge in [0.05, 0.1) is 6.10 Å². The molecule has 126 valence electrons. The Kier molecular flexibility index (Phi) is 4.26. The van der Waals surface area contributed by atoms with Crippen LogP contribution in [0.3, 0.4) is 0 Å². The van der Waals surface area contributed by atoms with Crippen molar-refractivity contribution in [2.45, 2.75) is 37.8 Å². The molecule has 1 N–H and O–H groups in total. The van der Waals surface area contributed by atoms with Crippen molar-refractivity contribution >= 4 is 11.6 Å². The topological polar surface area (TPSA) is 52.5 Å². The lowest BCUT2D eigenvalue weighted by Gasteiger charge is -2.12. The van der Waals surface area contributed by atoms with Crippen LogP contribution in [0.1, 0.15) is 42.2 Å². The van der Waals surface area contributed by atoms with Gasteiger partial charge in [-0.2, -0.15) is 0 Å². The molecule has 1 atom stereocenters. The van der Waals surface area contributed by atoms with Gasteiger partial charge in [-0.1, -0.05) is 0 Å². The second-order valence-electron chi connectivity index (χ2n) is 6.46. The molecule has 2 aromatic rings. The summed E-state index contributed by atoms with van der Waals surface area (Å²) in [6, 6.07) is 11.8. The highest BCUT2D eigenvalue weighted by Crippen LogP contribution is 2.36. The van der Waals surface area contributed by atoms with Crippen molar-refractivity contribution < 1.29 is 14.3 Å². The van der Waals surface area contributed by atoms with Crippen LogP contribution in [-0.2, 0) is 4.74 Å². The van der Waals surface area contributed by atoms with Crippen molar-refractivity contribution in [2.24, 2.45) is 0 Å². The quantitative estimate of drug-likeness (QED) is 0.882. The van der Waals surface area contributed by atoms with Crippen LogP contribution in [0.2, 0.25) is 0 Å². The second-order valence-corrected chi connectivity index (χ2v) is 6.46. The predicted molar refractivity (Wildman–Crippen MR) is 91.6 cm³/mol. The molecule has 1 aromatic heterocycles. The average molecular weight is 326 g/mol. The summed E-state index contributed by atoms with van der Waals surface area (Å²) in [6.07, 6.45) is 6.68. The highest BCUT2D eigenvalue weighted by Gasteiger charge is 2.26. The number of amides is 1. The number of carbonyl (C=O) groups excluding carboxylic acids is 1. The third kappa shape index (κ3) is 3.46. The van der Waals surface area contributed by atoms with Gasteiger partial charge in [0.2, 0.25) is 0 Å². The number of aromatic nitrogens is 1. The normalized spacial score (nSPS) is 20.1. The molecule has 5 nitrogen and oxygen atoms in total. The van der Waals surface area contributed by atoms with E-state index in [1.54, 1.807) is 0 Å². The van der Waals surface area contributed by atoms with E-state index in [0.29, 0.717) is 12.6 Å². The third-order valence-corrected chi connectivity index (χ3v) is 4.52. The number of nitrogens with one attached hydrogen (secondary N) is 1. The van der Waals surface area contributed by atoms with E-state index in [1.165, 1.54) is 0 Å². The second kappa shape index (κ2) is 6.69. The van der Waals surface area contributed by atoms with Crippen molar-refractivity contribution in [3.05, 3.63) is 48.3 Å². The molecule has 1 aromatic carbocycles. The largest absolute Gasteiger partial charge is 0.491 e. The minimum absolute atomic E-state index is 0.0695. The molecule has 1 amide bonds. The zero-order chi connectivity index (χ0) is 16.4. The molecule has 0 bridgehead atoms. The fourth-order valence-corrected chi connectivity index (χ4v) is 3.05. The summed E-state index contributed by atoms with van der Waals surface area (Å²) in [6.45, 7) is 1.42. The maximum atomic E-state index is 12.4. The SMILES string of the molecule is O=C(Nc1ccc(OCC2CCCO2)cc1)c1cccn1C1CC1. The fraction of sp³-hybridized carbons (Fsp3) is 0.421. The van der Waals surface area contributed by atoms with E-state index < -0.39 is 0 Å². The van der Waals surface area contributed by atoms with E-state index in [9.17, 15) is 4.79 Å². The van der Waals surface area contributed by atoms with Gasteiger partial charge in [-0.3, -0.25) is 4.79 Å². The first-order valence-electron chi connectivity index (χ1n) is 8.62. The summed E-state index contributed by atoms with van der Waals surface area (Å²) >= 11 is 0. The number of carbonyl (C=O) groups is 1. The minimum Gasteiger partial charge on any atom is -0.491 e. The average Bonchev–Trinajstić information content (AvgIpc) is 3.11. The van der Waals surface area contributed by atoms with E-state index in [0.717, 1.165) is 49.4 Å². The first-order chi connectivity index (χ1) is 11.8. The van der Waals surface area contributed by atoms with Crippen LogP contribution < -0.4 is 10.1 Å². The van der Waals surface area contributed by atoms with E-state index in [-0.39, 0.29) is 12.0 Å². The molecule has 0 radical (unpaired) electrons. The highest BCUT2D eigenvalue weighted by molar-refractivity contribution is 6.03. The lowest BCUT2D eigenvalue weighted by atomic mass is 10.2. The van der Waals surface area contributed by atoms with Gasteiger partial charge in [0.15, 0.2) is 0 Å². The van der Waals surface area contributed by atoms with Crippen molar-refractivity contribution in [2.75, 3.05) is 18.5 Å². The predicted octanol–water partition coefficient (Wildman–Crippen LogP) is 3.63. The zero-order valence-electron chi connectivity index (χ0n) is 13.6. The van der Waals surface area contributed by atoms with Crippen molar-refractivity contribution in [1.29, 1.82) is 0 Å². The zero-order valence-corrected chi connectivity index (χ0v) is 13.6. The maximum absolute atomic E-state index is 12.4. The van der Waals surface area contributed by atoms with Gasteiger partial charge in [-0.25, -0.2) is 0 Å². The third-order valence-electron chi connectivity index (χ3n) is 4.52. The smallest absolute Gasteiger partial charge is 0.272 e. The number of nitrogens with zero attached hydrogens (tertiary/aromatic N) is 1. The molecule has 5 heteroatoms. The van der Waals surface area contributed by atoms with Gasteiger partial charge in [-0.15, -0.1) is 0 Å². The molecule has 1 aliphatic carbocycles. The van der Waals surface area contributed by atoms with Crippen LogP contribution in [0, 0.1) is 0 Å². The summed E-state index contributed by atoms with van der Waals surface area (Å²) < 4.78 is 13.3. The van der Waals surface area contributed by atoms with Crippen LogP contribution in [0.15, 0.2) is 42.6 Å². The molecule has 4 rings (SSSR count). The highest BCUT2D eigenvalue weighted by atomic mass is 16.5. The summed E-state index contributed by atoms with van der Waals surface area (Å²) in [7, 11) is 0. The summed E-state index contributed by atoms with van der Waals surface area (Å²) in [5.74, 6) is 0.727. The number of anilines is 1. The molecule has 0 spiro atoms. The summed E-state index contributed by atoms with van der Waals surface area (Å²) in [4.78, 5) is 12.4. The Morgan fingerprint density at radius 1 is 1.21 bits per heavy atom. The Morgan fingerprint density at radius 2 is 2.04 bits per heavy atom. The van der Waals surface area contributed by atoms with Crippen LogP contribution >= 0.6 is 0 Å². The van der Waals surface area contributed by atoms with Crippen molar-refractivity contribution in [1.82, 2.24) is 4.57 Å². The van der Waals surface area contributed by atoms with Crippen LogP contribution in [0.4, 0.5) is 5.69 Å². The van der Waals surface area contributed by atoms with Gasteiger partial charge in [-0.05, 0) is 62.1 Å². The van der Waals surface area contributed by atoms with Gasteiger partial charge < -0.3 is 19.4 Å². The number of ether oxygens (including phenoxy) is 2. The summed E-state index contributed by atoms with van der Waals surface area (Å²) in [5.41, 5.74) is 1.49. The standard InChI is InChI=1S/C19H22N2O3/c22-19(18-4-1-11-21(18)15-7-8-15)20-14-5-9-16(10-6-14)24-13-17-3-2-12-23-17/h1,4-6,9-11,15,17H,2-3,7-8,12-13H2,(H,20,22). The van der Waals surface area contributed by atoms with Gasteiger partial charge >= 0.3 is 0 Å². The van der Waals surface area contributed by atoms with Crippen LogP contribution in [-0.4, -0.2) is 29.8 Å². The molecule has 1 saturated carbocycles. The number of hydrogen-bond acceptors (Lipinski definition) is 3. The Hall–Kier alpha value is -2.27. The molecule has 1 aliphatic heterocycles. The van der Waals surface area contributed by atoms with Gasteiger partial charge in [0, 0.05) is 24.5 Å². The molecule has 2 heterocycles. The molecule has 2 aliphatic rings. The maximum Gasteiger partial charge on any atom is 0.272 e. The monoisotopic (exact) mass is 326 g/mol. The molecular formula is C19H22N2O3. The van der Waals surface area contributed by atoms with Gasteiger partial charge in [0.25, 0.3) is 5.91 Å². The Balaban J connectivity index is 1.34. The Morgan fingerprint density at radius 3 is 2.75 bits per heavy atom. The molecular weight excluding hydrogens is 304 g/mol. The van der Waals surface area contributed by atoms with Crippen LogP contribution in [0.5, 0.6) is 5.75 Å². The molecule has 1 unspecified atom stereocenters. The minimum atomic E-state index is -0.0695. The summed E-state index contributed by atoms with van der Waals surface area (Å²) in [5, 5.41) is 2.95. The molecule has 2 fully saturated rings. The Labute approximate surface area is 141 Å².